The predicted octanol–water partition coefficient (Wildman–Crippen LogP) is 4.66. The van der Waals surface area contributed by atoms with Crippen molar-refractivity contribution in [3.63, 3.8) is 0 Å². The maximum atomic E-state index is 13.0. The smallest absolute Gasteiger partial charge is 0.308 e. The van der Waals surface area contributed by atoms with E-state index in [1.54, 1.807) is 43.5 Å². The Morgan fingerprint density at radius 2 is 1.55 bits per heavy atom. The van der Waals surface area contributed by atoms with Crippen LogP contribution in [0.3, 0.4) is 0 Å². The first-order valence-corrected chi connectivity index (χ1v) is 7.57. The molecule has 2 aromatic carbocycles. The number of rotatable bonds is 4. The summed E-state index contributed by atoms with van der Waals surface area (Å²) >= 11 is 2.08. The molecule has 0 amide bonds. The van der Waals surface area contributed by atoms with Crippen molar-refractivity contribution in [2.24, 2.45) is 0 Å². The fourth-order valence-electron chi connectivity index (χ4n) is 1.84. The number of carbonyl (C=O) groups is 1. The lowest BCUT2D eigenvalue weighted by molar-refractivity contribution is -0.134. The van der Waals surface area contributed by atoms with E-state index in [1.807, 2.05) is 0 Å². The van der Waals surface area contributed by atoms with Gasteiger partial charge in [-0.3, -0.25) is 4.79 Å². The van der Waals surface area contributed by atoms with E-state index in [0.29, 0.717) is 11.5 Å². The van der Waals surface area contributed by atoms with Gasteiger partial charge in [0.05, 0.1) is 10.7 Å². The Morgan fingerprint density at radius 3 is 2.05 bits per heavy atom. The van der Waals surface area contributed by atoms with Crippen LogP contribution < -0.4 is 4.74 Å². The zero-order chi connectivity index (χ0) is 16.1. The van der Waals surface area contributed by atoms with Gasteiger partial charge in [-0.25, -0.2) is 4.39 Å². The maximum absolute atomic E-state index is 13.0. The van der Waals surface area contributed by atoms with Gasteiger partial charge >= 0.3 is 5.97 Å². The van der Waals surface area contributed by atoms with Crippen LogP contribution in [0, 0.1) is 5.82 Å². The lowest BCUT2D eigenvalue weighted by Gasteiger charge is -2.12. The van der Waals surface area contributed by atoms with Gasteiger partial charge in [0.25, 0.3) is 0 Å². The molecule has 0 aromatic heterocycles. The van der Waals surface area contributed by atoms with Gasteiger partial charge in [-0.05, 0) is 64.6 Å². The van der Waals surface area contributed by atoms with Gasteiger partial charge in [0, 0.05) is 12.5 Å². The van der Waals surface area contributed by atoms with Gasteiger partial charge in [-0.1, -0.05) is 12.1 Å². The molecule has 0 saturated carbocycles. The zero-order valence-electron chi connectivity index (χ0n) is 12.1. The number of methoxy groups -OCH3 is 1. The standard InChI is InChI=1S/C17H14FIO3/c1-11(20)22-17(13-5-9-15(21-2)10-6-13)16(19)12-3-7-14(18)8-4-12/h3-10H,1-2H3/b17-16-. The summed E-state index contributed by atoms with van der Waals surface area (Å²) in [5.74, 6) is 0.415. The molecule has 0 heterocycles. The molecule has 2 rings (SSSR count). The van der Waals surface area contributed by atoms with Crippen molar-refractivity contribution in [3.05, 3.63) is 65.5 Å². The lowest BCUT2D eigenvalue weighted by Crippen LogP contribution is -2.00. The van der Waals surface area contributed by atoms with Gasteiger partial charge in [0.2, 0.25) is 0 Å². The molecule has 0 fully saturated rings. The van der Waals surface area contributed by atoms with E-state index >= 15 is 0 Å². The number of carbonyl (C=O) groups excluding carboxylic acids is 1. The molecule has 0 aliphatic rings. The van der Waals surface area contributed by atoms with E-state index in [1.165, 1.54) is 19.1 Å². The molecule has 22 heavy (non-hydrogen) atoms. The summed E-state index contributed by atoms with van der Waals surface area (Å²) in [5, 5.41) is 0. The SMILES string of the molecule is COc1ccc(/C(OC(C)=O)=C(/I)c2ccc(F)cc2)cc1. The minimum atomic E-state index is -0.415. The zero-order valence-corrected chi connectivity index (χ0v) is 14.3. The van der Waals surface area contributed by atoms with E-state index in [4.69, 9.17) is 9.47 Å². The van der Waals surface area contributed by atoms with Gasteiger partial charge in [-0.2, -0.15) is 0 Å². The first-order valence-electron chi connectivity index (χ1n) is 6.50. The van der Waals surface area contributed by atoms with E-state index in [9.17, 15) is 9.18 Å². The number of hydrogen-bond acceptors (Lipinski definition) is 3. The van der Waals surface area contributed by atoms with Crippen LogP contribution in [0.15, 0.2) is 48.5 Å². The van der Waals surface area contributed by atoms with Crippen LogP contribution in [0.5, 0.6) is 5.75 Å². The lowest BCUT2D eigenvalue weighted by atomic mass is 10.1. The molecule has 0 saturated heterocycles. The van der Waals surface area contributed by atoms with Crippen molar-refractivity contribution in [2.75, 3.05) is 7.11 Å². The highest BCUT2D eigenvalue weighted by atomic mass is 127. The molecule has 0 aliphatic carbocycles. The normalized spacial score (nSPS) is 11.6. The van der Waals surface area contributed by atoms with E-state index in [0.717, 1.165) is 14.7 Å². The van der Waals surface area contributed by atoms with Gasteiger partial charge < -0.3 is 9.47 Å². The summed E-state index contributed by atoms with van der Waals surface area (Å²) in [6.45, 7) is 1.35. The number of hydrogen-bond donors (Lipinski definition) is 0. The van der Waals surface area contributed by atoms with Crippen LogP contribution in [-0.4, -0.2) is 13.1 Å². The Bertz CT molecular complexity index is 691. The predicted molar refractivity (Wildman–Crippen MR) is 92.0 cm³/mol. The molecule has 0 aliphatic heterocycles. The number of ether oxygens (including phenoxy) is 2. The fraction of sp³-hybridized carbons (Fsp3) is 0.118. The number of halogens is 2. The molecule has 0 N–H and O–H groups in total. The molecule has 0 bridgehead atoms. The average Bonchev–Trinajstić information content (AvgIpc) is 2.53. The first-order chi connectivity index (χ1) is 10.5. The number of benzene rings is 2. The molecule has 3 nitrogen and oxygen atoms in total. The summed E-state index contributed by atoms with van der Waals surface area (Å²) < 4.78 is 24.2. The van der Waals surface area contributed by atoms with Crippen LogP contribution in [-0.2, 0) is 9.53 Å². The van der Waals surface area contributed by atoms with Crippen molar-refractivity contribution in [3.8, 4) is 5.75 Å². The monoisotopic (exact) mass is 412 g/mol. The Balaban J connectivity index is 2.49. The quantitative estimate of drug-likeness (QED) is 0.317. The fourth-order valence-corrected chi connectivity index (χ4v) is 2.62. The van der Waals surface area contributed by atoms with Crippen LogP contribution in [0.1, 0.15) is 18.1 Å². The van der Waals surface area contributed by atoms with Crippen LogP contribution in [0.2, 0.25) is 0 Å². The highest BCUT2D eigenvalue weighted by Gasteiger charge is 2.13. The summed E-state index contributed by atoms with van der Waals surface area (Å²) in [5.41, 5.74) is 1.51. The van der Waals surface area contributed by atoms with Crippen molar-refractivity contribution in [1.29, 1.82) is 0 Å². The highest BCUT2D eigenvalue weighted by Crippen LogP contribution is 2.33. The molecule has 0 unspecified atom stereocenters. The first kappa shape index (κ1) is 16.5. The van der Waals surface area contributed by atoms with E-state index in [-0.39, 0.29) is 5.82 Å². The van der Waals surface area contributed by atoms with Gasteiger partial charge in [0.1, 0.15) is 11.6 Å². The van der Waals surface area contributed by atoms with Crippen molar-refractivity contribution >= 4 is 37.9 Å². The number of esters is 1. The Kier molecular flexibility index (Phi) is 5.54. The minimum Gasteiger partial charge on any atom is -0.497 e. The van der Waals surface area contributed by atoms with Gasteiger partial charge in [-0.15, -0.1) is 0 Å². The summed E-state index contributed by atoms with van der Waals surface area (Å²) in [7, 11) is 1.58. The Morgan fingerprint density at radius 1 is 1.00 bits per heavy atom. The molecule has 5 heteroatoms. The van der Waals surface area contributed by atoms with E-state index in [2.05, 4.69) is 22.6 Å². The average molecular weight is 412 g/mol. The third kappa shape index (κ3) is 4.07. The second-order valence-electron chi connectivity index (χ2n) is 4.47. The summed E-state index contributed by atoms with van der Waals surface area (Å²) in [6.07, 6.45) is 0. The summed E-state index contributed by atoms with van der Waals surface area (Å²) in [6, 6.07) is 13.2. The van der Waals surface area contributed by atoms with Gasteiger partial charge in [0.15, 0.2) is 5.76 Å². The van der Waals surface area contributed by atoms with E-state index < -0.39 is 5.97 Å². The minimum absolute atomic E-state index is 0.313. The largest absolute Gasteiger partial charge is 0.497 e. The molecule has 0 spiro atoms. The summed E-state index contributed by atoms with van der Waals surface area (Å²) in [4.78, 5) is 11.4. The second kappa shape index (κ2) is 7.40. The molecular formula is C17H14FIO3. The van der Waals surface area contributed by atoms with Crippen molar-refractivity contribution in [2.45, 2.75) is 6.92 Å². The molecule has 0 radical (unpaired) electrons. The Labute approximate surface area is 141 Å². The molecule has 2 aromatic rings. The second-order valence-corrected chi connectivity index (χ2v) is 5.55. The topological polar surface area (TPSA) is 35.5 Å². The molecular weight excluding hydrogens is 398 g/mol. The van der Waals surface area contributed by atoms with Crippen molar-refractivity contribution in [1.82, 2.24) is 0 Å². The highest BCUT2D eigenvalue weighted by molar-refractivity contribution is 14.1. The third-order valence-corrected chi connectivity index (χ3v) is 4.01. The maximum Gasteiger partial charge on any atom is 0.308 e. The Hall–Kier alpha value is -1.89. The third-order valence-electron chi connectivity index (χ3n) is 2.90. The van der Waals surface area contributed by atoms with Crippen molar-refractivity contribution < 1.29 is 18.7 Å². The van der Waals surface area contributed by atoms with Crippen LogP contribution >= 0.6 is 22.6 Å². The molecule has 0 atom stereocenters. The van der Waals surface area contributed by atoms with Crippen LogP contribution in [0.25, 0.3) is 9.34 Å². The van der Waals surface area contributed by atoms with Crippen LogP contribution in [0.4, 0.5) is 4.39 Å². The molecule has 114 valence electrons.